The maximum atomic E-state index is 12.5. The minimum absolute atomic E-state index is 0.0696. The molecule has 2 aliphatic rings. The van der Waals surface area contributed by atoms with Gasteiger partial charge in [0.2, 0.25) is 11.8 Å². The lowest BCUT2D eigenvalue weighted by atomic mass is 9.81. The van der Waals surface area contributed by atoms with Gasteiger partial charge in [0, 0.05) is 0 Å². The first-order valence-corrected chi connectivity index (χ1v) is 9.22. The molecular formula is C20H25NO5. The number of rotatable bonds is 6. The Morgan fingerprint density at radius 1 is 1.08 bits per heavy atom. The summed E-state index contributed by atoms with van der Waals surface area (Å²) >= 11 is 0. The summed E-state index contributed by atoms with van der Waals surface area (Å²) in [5, 5.41) is 0. The molecule has 1 saturated carbocycles. The Kier molecular flexibility index (Phi) is 5.59. The van der Waals surface area contributed by atoms with Crippen LogP contribution in [0.25, 0.3) is 0 Å². The van der Waals surface area contributed by atoms with Gasteiger partial charge in [0.05, 0.1) is 11.8 Å². The summed E-state index contributed by atoms with van der Waals surface area (Å²) in [6.45, 7) is 3.83. The molecule has 0 bridgehead atoms. The molecule has 26 heavy (non-hydrogen) atoms. The minimum atomic E-state index is -0.889. The summed E-state index contributed by atoms with van der Waals surface area (Å²) in [5.74, 6) is -0.820. The van der Waals surface area contributed by atoms with Gasteiger partial charge in [-0.1, -0.05) is 30.5 Å². The predicted octanol–water partition coefficient (Wildman–Crippen LogP) is 2.48. The molecule has 1 aromatic carbocycles. The fraction of sp³-hybridized carbons (Fsp3) is 0.550. The molecule has 1 aromatic rings. The van der Waals surface area contributed by atoms with E-state index in [2.05, 4.69) is 0 Å². The number of likely N-dealkylation sites (tertiary alicyclic amines) is 1. The molecule has 6 nitrogen and oxygen atoms in total. The number of carbonyl (C=O) groups excluding carboxylic acids is 3. The highest BCUT2D eigenvalue weighted by atomic mass is 16.6. The van der Waals surface area contributed by atoms with Crippen LogP contribution in [-0.4, -0.2) is 41.9 Å². The first kappa shape index (κ1) is 18.4. The Bertz CT molecular complexity index is 660. The molecule has 1 heterocycles. The third kappa shape index (κ3) is 3.74. The van der Waals surface area contributed by atoms with E-state index in [4.69, 9.17) is 9.47 Å². The van der Waals surface area contributed by atoms with Crippen LogP contribution >= 0.6 is 0 Å². The number of ether oxygens (including phenoxy) is 2. The number of aryl methyl sites for hydroxylation is 1. The van der Waals surface area contributed by atoms with Gasteiger partial charge in [-0.2, -0.15) is 0 Å². The fourth-order valence-electron chi connectivity index (χ4n) is 3.73. The molecule has 1 saturated heterocycles. The maximum Gasteiger partial charge on any atom is 0.329 e. The first-order valence-electron chi connectivity index (χ1n) is 9.22. The number of fused-ring (bicyclic) bond motifs is 1. The quantitative estimate of drug-likeness (QED) is 0.443. The Balaban J connectivity index is 1.49. The molecule has 3 atom stereocenters. The second kappa shape index (κ2) is 7.89. The van der Waals surface area contributed by atoms with E-state index in [9.17, 15) is 14.4 Å². The van der Waals surface area contributed by atoms with Crippen molar-refractivity contribution in [3.63, 3.8) is 0 Å². The summed E-state index contributed by atoms with van der Waals surface area (Å²) < 4.78 is 10.7. The van der Waals surface area contributed by atoms with Crippen LogP contribution in [0.3, 0.4) is 0 Å². The van der Waals surface area contributed by atoms with E-state index in [1.165, 1.54) is 0 Å². The fourth-order valence-corrected chi connectivity index (χ4v) is 3.73. The average molecular weight is 359 g/mol. The molecular weight excluding hydrogens is 334 g/mol. The summed E-state index contributed by atoms with van der Waals surface area (Å²) in [7, 11) is 0. The van der Waals surface area contributed by atoms with Crippen molar-refractivity contribution in [2.75, 3.05) is 13.2 Å². The molecule has 0 aromatic heterocycles. The van der Waals surface area contributed by atoms with Crippen molar-refractivity contribution >= 4 is 17.8 Å². The minimum Gasteiger partial charge on any atom is -0.490 e. The number of amides is 2. The molecule has 2 amide bonds. The Labute approximate surface area is 153 Å². The summed E-state index contributed by atoms with van der Waals surface area (Å²) in [5.41, 5.74) is 1.14. The van der Waals surface area contributed by atoms with Crippen LogP contribution in [0.1, 0.15) is 38.2 Å². The Hall–Kier alpha value is -2.37. The van der Waals surface area contributed by atoms with Gasteiger partial charge < -0.3 is 9.47 Å². The van der Waals surface area contributed by atoms with Gasteiger partial charge in [0.1, 0.15) is 25.0 Å². The van der Waals surface area contributed by atoms with Gasteiger partial charge in [-0.15, -0.1) is 0 Å². The third-order valence-electron chi connectivity index (χ3n) is 5.22. The SMILES string of the molecule is Cc1ccc(OCCOC(=O)[C@H](C)N2C(=O)[C@H]3CCCC[C@@H]3C2=O)cc1. The van der Waals surface area contributed by atoms with Gasteiger partial charge in [-0.3, -0.25) is 14.5 Å². The molecule has 2 fully saturated rings. The highest BCUT2D eigenvalue weighted by Crippen LogP contribution is 2.38. The van der Waals surface area contributed by atoms with E-state index >= 15 is 0 Å². The highest BCUT2D eigenvalue weighted by Gasteiger charge is 2.51. The lowest BCUT2D eigenvalue weighted by Gasteiger charge is -2.21. The zero-order valence-corrected chi connectivity index (χ0v) is 15.3. The van der Waals surface area contributed by atoms with Crippen molar-refractivity contribution in [2.45, 2.75) is 45.6 Å². The molecule has 3 rings (SSSR count). The van der Waals surface area contributed by atoms with Crippen molar-refractivity contribution in [1.29, 1.82) is 0 Å². The predicted molar refractivity (Wildman–Crippen MR) is 94.4 cm³/mol. The van der Waals surface area contributed by atoms with E-state index in [-0.39, 0.29) is 36.9 Å². The number of esters is 1. The normalized spacial score (nSPS) is 23.5. The van der Waals surface area contributed by atoms with Crippen LogP contribution in [0.15, 0.2) is 24.3 Å². The number of nitrogens with zero attached hydrogens (tertiary/aromatic N) is 1. The zero-order chi connectivity index (χ0) is 18.7. The van der Waals surface area contributed by atoms with Crippen LogP contribution in [-0.2, 0) is 19.1 Å². The van der Waals surface area contributed by atoms with E-state index in [1.807, 2.05) is 31.2 Å². The van der Waals surface area contributed by atoms with Crippen molar-refractivity contribution in [3.05, 3.63) is 29.8 Å². The first-order chi connectivity index (χ1) is 12.5. The molecule has 140 valence electrons. The van der Waals surface area contributed by atoms with Crippen molar-refractivity contribution in [3.8, 4) is 5.75 Å². The van der Waals surface area contributed by atoms with E-state index in [1.54, 1.807) is 6.92 Å². The number of hydrogen-bond acceptors (Lipinski definition) is 5. The second-order valence-corrected chi connectivity index (χ2v) is 7.05. The van der Waals surface area contributed by atoms with Gasteiger partial charge >= 0.3 is 5.97 Å². The largest absolute Gasteiger partial charge is 0.490 e. The molecule has 0 unspecified atom stereocenters. The van der Waals surface area contributed by atoms with Gasteiger partial charge in [0.15, 0.2) is 0 Å². The van der Waals surface area contributed by atoms with Crippen LogP contribution in [0.2, 0.25) is 0 Å². The van der Waals surface area contributed by atoms with Crippen LogP contribution in [0, 0.1) is 18.8 Å². The van der Waals surface area contributed by atoms with Crippen LogP contribution < -0.4 is 4.74 Å². The Morgan fingerprint density at radius 3 is 2.23 bits per heavy atom. The molecule has 6 heteroatoms. The lowest BCUT2D eigenvalue weighted by Crippen LogP contribution is -2.44. The van der Waals surface area contributed by atoms with Crippen molar-refractivity contribution < 1.29 is 23.9 Å². The summed E-state index contributed by atoms with van der Waals surface area (Å²) in [6, 6.07) is 6.69. The number of hydrogen-bond donors (Lipinski definition) is 0. The monoisotopic (exact) mass is 359 g/mol. The summed E-state index contributed by atoms with van der Waals surface area (Å²) in [6.07, 6.45) is 3.39. The third-order valence-corrected chi connectivity index (χ3v) is 5.22. The maximum absolute atomic E-state index is 12.5. The highest BCUT2D eigenvalue weighted by molar-refractivity contribution is 6.07. The second-order valence-electron chi connectivity index (χ2n) is 7.05. The van der Waals surface area contributed by atoms with Crippen LogP contribution in [0.5, 0.6) is 5.75 Å². The van der Waals surface area contributed by atoms with Crippen LogP contribution in [0.4, 0.5) is 0 Å². The topological polar surface area (TPSA) is 72.9 Å². The zero-order valence-electron chi connectivity index (χ0n) is 15.3. The van der Waals surface area contributed by atoms with Gasteiger partial charge in [-0.05, 0) is 38.8 Å². The molecule has 0 spiro atoms. The Morgan fingerprint density at radius 2 is 1.65 bits per heavy atom. The van der Waals surface area contributed by atoms with E-state index in [0.717, 1.165) is 36.1 Å². The summed E-state index contributed by atoms with van der Waals surface area (Å²) in [4.78, 5) is 38.4. The van der Waals surface area contributed by atoms with E-state index in [0.29, 0.717) is 5.75 Å². The number of benzene rings is 1. The van der Waals surface area contributed by atoms with E-state index < -0.39 is 12.0 Å². The smallest absolute Gasteiger partial charge is 0.329 e. The average Bonchev–Trinajstić information content (AvgIpc) is 2.90. The molecule has 0 radical (unpaired) electrons. The van der Waals surface area contributed by atoms with Crippen molar-refractivity contribution in [1.82, 2.24) is 4.90 Å². The van der Waals surface area contributed by atoms with Gasteiger partial charge in [0.25, 0.3) is 0 Å². The molecule has 1 aliphatic carbocycles. The van der Waals surface area contributed by atoms with Crippen molar-refractivity contribution in [2.24, 2.45) is 11.8 Å². The molecule has 0 N–H and O–H groups in total. The lowest BCUT2D eigenvalue weighted by molar-refractivity contribution is -0.158. The number of imide groups is 1. The molecule has 1 aliphatic heterocycles. The number of carbonyl (C=O) groups is 3. The van der Waals surface area contributed by atoms with Gasteiger partial charge in [-0.25, -0.2) is 4.79 Å². The standard InChI is InChI=1S/C20H25NO5/c1-13-7-9-15(10-8-13)25-11-12-26-20(24)14(2)21-18(22)16-5-3-4-6-17(16)19(21)23/h7-10,14,16-17H,3-6,11-12H2,1-2H3/t14-,16-,17-/m0/s1.